The first-order valence-corrected chi connectivity index (χ1v) is 13.2. The molecule has 2 aliphatic rings. The highest BCUT2D eigenvalue weighted by molar-refractivity contribution is 8.00. The highest BCUT2D eigenvalue weighted by Gasteiger charge is 2.37. The van der Waals surface area contributed by atoms with Crippen LogP contribution in [0, 0.1) is 5.92 Å². The lowest BCUT2D eigenvalue weighted by Crippen LogP contribution is -2.45. The monoisotopic (exact) mass is 478 g/mol. The zero-order chi connectivity index (χ0) is 22.8. The molecule has 0 aliphatic carbocycles. The Hall–Kier alpha value is -1.26. The Morgan fingerprint density at radius 3 is 2.45 bits per heavy atom. The van der Waals surface area contributed by atoms with Gasteiger partial charge in [-0.1, -0.05) is 20.3 Å². The van der Waals surface area contributed by atoms with Crippen LogP contribution >= 0.6 is 11.8 Å². The van der Waals surface area contributed by atoms with Crippen LogP contribution in [0.3, 0.4) is 0 Å². The number of amides is 1. The fourth-order valence-electron chi connectivity index (χ4n) is 4.00. The molecule has 2 heterocycles. The summed E-state index contributed by atoms with van der Waals surface area (Å²) >= 11 is 1.48. The Balaban J connectivity index is 1.78. The average molecular weight is 479 g/mol. The predicted molar refractivity (Wildman–Crippen MR) is 117 cm³/mol. The van der Waals surface area contributed by atoms with Crippen molar-refractivity contribution in [1.82, 2.24) is 4.31 Å². The number of sulfonamides is 1. The van der Waals surface area contributed by atoms with Gasteiger partial charge in [-0.2, -0.15) is 13.2 Å². The maximum Gasteiger partial charge on any atom is 0.416 e. The third-order valence-electron chi connectivity index (χ3n) is 5.88. The van der Waals surface area contributed by atoms with Gasteiger partial charge in [0.25, 0.3) is 0 Å². The molecular formula is C21H29F3N2O3S2. The van der Waals surface area contributed by atoms with Crippen LogP contribution in [-0.2, 0) is 21.0 Å². The van der Waals surface area contributed by atoms with Gasteiger partial charge in [0.1, 0.15) is 0 Å². The predicted octanol–water partition coefficient (Wildman–Crippen LogP) is 4.76. The van der Waals surface area contributed by atoms with Crippen molar-refractivity contribution in [2.24, 2.45) is 5.92 Å². The van der Waals surface area contributed by atoms with Crippen LogP contribution in [0.15, 0.2) is 23.1 Å². The second-order valence-electron chi connectivity index (χ2n) is 8.23. The number of carbonyl (C=O) groups is 1. The number of piperidine rings is 1. The van der Waals surface area contributed by atoms with E-state index in [4.69, 9.17) is 0 Å². The molecule has 2 aliphatic heterocycles. The van der Waals surface area contributed by atoms with Crippen LogP contribution in [0.4, 0.5) is 18.9 Å². The van der Waals surface area contributed by atoms with Gasteiger partial charge in [-0.05, 0) is 43.9 Å². The summed E-state index contributed by atoms with van der Waals surface area (Å²) in [6.45, 7) is 4.84. The quantitative estimate of drug-likeness (QED) is 0.612. The first kappa shape index (κ1) is 24.4. The number of anilines is 1. The first-order chi connectivity index (χ1) is 14.5. The van der Waals surface area contributed by atoms with E-state index in [1.54, 1.807) is 0 Å². The number of hydrogen-bond acceptors (Lipinski definition) is 4. The molecule has 31 heavy (non-hydrogen) atoms. The molecular weight excluding hydrogens is 449 g/mol. The van der Waals surface area contributed by atoms with Crippen molar-refractivity contribution in [3.05, 3.63) is 23.8 Å². The zero-order valence-electron chi connectivity index (χ0n) is 17.8. The molecule has 1 atom stereocenters. The second-order valence-corrected chi connectivity index (χ2v) is 11.8. The Bertz CT molecular complexity index is 898. The highest BCUT2D eigenvalue weighted by atomic mass is 32.2. The summed E-state index contributed by atoms with van der Waals surface area (Å²) in [5, 5.41) is 0.179. The van der Waals surface area contributed by atoms with Crippen molar-refractivity contribution in [2.45, 2.75) is 62.3 Å². The van der Waals surface area contributed by atoms with Crippen LogP contribution in [0.5, 0.6) is 0 Å². The molecule has 1 unspecified atom stereocenters. The first-order valence-electron chi connectivity index (χ1n) is 10.7. The second kappa shape index (κ2) is 9.70. The topological polar surface area (TPSA) is 57.7 Å². The minimum atomic E-state index is -4.48. The van der Waals surface area contributed by atoms with E-state index in [1.807, 2.05) is 13.8 Å². The lowest BCUT2D eigenvalue weighted by molar-refractivity contribution is -0.137. The Morgan fingerprint density at radius 2 is 1.84 bits per heavy atom. The zero-order valence-corrected chi connectivity index (χ0v) is 19.5. The molecule has 0 spiro atoms. The van der Waals surface area contributed by atoms with Gasteiger partial charge in [0, 0.05) is 35.7 Å². The minimum Gasteiger partial charge on any atom is -0.311 e. The van der Waals surface area contributed by atoms with E-state index in [1.165, 1.54) is 27.0 Å². The highest BCUT2D eigenvalue weighted by Crippen LogP contribution is 2.42. The molecule has 10 heteroatoms. The van der Waals surface area contributed by atoms with Gasteiger partial charge in [-0.3, -0.25) is 4.79 Å². The summed E-state index contributed by atoms with van der Waals surface area (Å²) in [6, 6.07) is 3.59. The third kappa shape index (κ3) is 5.76. The fourth-order valence-corrected chi connectivity index (χ4v) is 6.77. The number of nitrogens with zero attached hydrogens (tertiary/aromatic N) is 2. The maximum absolute atomic E-state index is 13.3. The van der Waals surface area contributed by atoms with Crippen molar-refractivity contribution < 1.29 is 26.4 Å². The van der Waals surface area contributed by atoms with Crippen LogP contribution < -0.4 is 4.90 Å². The third-order valence-corrected chi connectivity index (χ3v) is 9.08. The van der Waals surface area contributed by atoms with E-state index in [2.05, 4.69) is 0 Å². The average Bonchev–Trinajstić information content (AvgIpc) is 2.89. The maximum atomic E-state index is 13.3. The standard InChI is InChI=1S/C21H29F3N2O3S2/c1-3-4-13-31(28,29)25-10-8-16(9-11-25)20(27)26-12-7-15(2)30-19-6-5-17(14-18(19)26)21(22,23)24/h5-6,14-16H,3-4,7-13H2,1-2H3. The lowest BCUT2D eigenvalue weighted by Gasteiger charge is -2.34. The van der Waals surface area contributed by atoms with Crippen molar-refractivity contribution in [3.63, 3.8) is 0 Å². The summed E-state index contributed by atoms with van der Waals surface area (Å²) in [7, 11) is -3.32. The molecule has 0 bridgehead atoms. The largest absolute Gasteiger partial charge is 0.416 e. The SMILES string of the molecule is CCCCS(=O)(=O)N1CCC(C(=O)N2CCC(C)Sc3ccc(C(F)(F)F)cc32)CC1. The van der Waals surface area contributed by atoms with E-state index < -0.39 is 27.7 Å². The number of hydrogen-bond donors (Lipinski definition) is 0. The van der Waals surface area contributed by atoms with E-state index >= 15 is 0 Å². The van der Waals surface area contributed by atoms with Crippen LogP contribution in [0.25, 0.3) is 0 Å². The van der Waals surface area contributed by atoms with Gasteiger partial charge < -0.3 is 4.90 Å². The summed E-state index contributed by atoms with van der Waals surface area (Å²) in [5.41, 5.74) is -0.455. The fraction of sp³-hybridized carbons (Fsp3) is 0.667. The van der Waals surface area contributed by atoms with E-state index in [9.17, 15) is 26.4 Å². The number of carbonyl (C=O) groups excluding carboxylic acids is 1. The van der Waals surface area contributed by atoms with Gasteiger partial charge in [0.2, 0.25) is 15.9 Å². The molecule has 0 aromatic heterocycles. The number of alkyl halides is 3. The van der Waals surface area contributed by atoms with E-state index in [0.717, 1.165) is 18.6 Å². The molecule has 1 fully saturated rings. The van der Waals surface area contributed by atoms with E-state index in [0.29, 0.717) is 42.8 Å². The Kier molecular flexibility index (Phi) is 7.63. The van der Waals surface area contributed by atoms with Crippen LogP contribution in [0.2, 0.25) is 0 Å². The smallest absolute Gasteiger partial charge is 0.311 e. The molecule has 174 valence electrons. The number of unbranched alkanes of at least 4 members (excludes halogenated alkanes) is 1. The van der Waals surface area contributed by atoms with Crippen LogP contribution in [-0.4, -0.2) is 49.3 Å². The number of thioether (sulfide) groups is 1. The van der Waals surface area contributed by atoms with Gasteiger partial charge in [0.05, 0.1) is 17.0 Å². The van der Waals surface area contributed by atoms with Gasteiger partial charge in [0.15, 0.2) is 0 Å². The van der Waals surface area contributed by atoms with Crippen molar-refractivity contribution >= 4 is 33.4 Å². The van der Waals surface area contributed by atoms with Gasteiger partial charge in [-0.25, -0.2) is 12.7 Å². The number of rotatable bonds is 5. The summed E-state index contributed by atoms with van der Waals surface area (Å²) < 4.78 is 66.2. The molecule has 3 rings (SSSR count). The Labute approximate surface area is 186 Å². The van der Waals surface area contributed by atoms with Gasteiger partial charge in [-0.15, -0.1) is 11.8 Å². The summed E-state index contributed by atoms with van der Waals surface area (Å²) in [5.74, 6) is -0.490. The van der Waals surface area contributed by atoms with Gasteiger partial charge >= 0.3 is 6.18 Å². The Morgan fingerprint density at radius 1 is 1.16 bits per heavy atom. The molecule has 1 saturated heterocycles. The number of benzene rings is 1. The molecule has 1 aromatic carbocycles. The van der Waals surface area contributed by atoms with Crippen molar-refractivity contribution in [2.75, 3.05) is 30.3 Å². The molecule has 0 saturated carbocycles. The normalized spacial score (nSPS) is 21.6. The van der Waals surface area contributed by atoms with E-state index in [-0.39, 0.29) is 30.0 Å². The van der Waals surface area contributed by atoms with Crippen molar-refractivity contribution in [1.29, 1.82) is 0 Å². The lowest BCUT2D eigenvalue weighted by atomic mass is 9.96. The summed E-state index contributed by atoms with van der Waals surface area (Å²) in [6.07, 6.45) is -1.64. The minimum absolute atomic E-state index is 0.108. The summed E-state index contributed by atoms with van der Waals surface area (Å²) in [4.78, 5) is 15.5. The number of halogens is 3. The molecule has 0 N–H and O–H groups in total. The molecule has 0 radical (unpaired) electrons. The molecule has 5 nitrogen and oxygen atoms in total. The van der Waals surface area contributed by atoms with Crippen LogP contribution in [0.1, 0.15) is 51.5 Å². The molecule has 1 aromatic rings. The molecule has 1 amide bonds. The number of fused-ring (bicyclic) bond motifs is 1. The van der Waals surface area contributed by atoms with Crippen molar-refractivity contribution in [3.8, 4) is 0 Å².